The molecule has 0 aliphatic heterocycles. The van der Waals surface area contributed by atoms with Crippen molar-refractivity contribution in [3.63, 3.8) is 0 Å². The third-order valence-electron chi connectivity index (χ3n) is 6.74. The first-order chi connectivity index (χ1) is 19.2. The van der Waals surface area contributed by atoms with Crippen LogP contribution in [0.25, 0.3) is 11.1 Å². The van der Waals surface area contributed by atoms with E-state index in [-0.39, 0.29) is 17.3 Å². The van der Waals surface area contributed by atoms with Gasteiger partial charge in [0, 0.05) is 42.8 Å². The van der Waals surface area contributed by atoms with Gasteiger partial charge in [0.1, 0.15) is 12.4 Å². The van der Waals surface area contributed by atoms with Crippen LogP contribution in [0.15, 0.2) is 95.0 Å². The van der Waals surface area contributed by atoms with Crippen LogP contribution < -0.4 is 10.9 Å². The molecule has 0 bridgehead atoms. The second kappa shape index (κ2) is 12.2. The van der Waals surface area contributed by atoms with E-state index < -0.39 is 18.4 Å². The first kappa shape index (κ1) is 28.0. The van der Waals surface area contributed by atoms with Crippen molar-refractivity contribution in [2.45, 2.75) is 19.3 Å². The van der Waals surface area contributed by atoms with E-state index in [9.17, 15) is 24.0 Å². The van der Waals surface area contributed by atoms with Crippen LogP contribution in [0, 0.1) is 12.7 Å². The van der Waals surface area contributed by atoms with Crippen LogP contribution in [0.2, 0.25) is 0 Å². The van der Waals surface area contributed by atoms with Gasteiger partial charge in [-0.3, -0.25) is 14.4 Å². The predicted molar refractivity (Wildman–Crippen MR) is 149 cm³/mol. The van der Waals surface area contributed by atoms with Crippen molar-refractivity contribution in [1.82, 2.24) is 9.88 Å². The number of aromatic nitrogens is 1. The summed E-state index contributed by atoms with van der Waals surface area (Å²) in [6.07, 6.45) is 1.90. The van der Waals surface area contributed by atoms with Gasteiger partial charge in [0.15, 0.2) is 0 Å². The third-order valence-corrected chi connectivity index (χ3v) is 6.74. The lowest BCUT2D eigenvalue weighted by molar-refractivity contribution is -0.135. The summed E-state index contributed by atoms with van der Waals surface area (Å²) in [5.74, 6) is -2.21. The summed E-state index contributed by atoms with van der Waals surface area (Å²) in [7, 11) is 1.62. The highest BCUT2D eigenvalue weighted by Crippen LogP contribution is 2.33. The number of carbonyl (C=O) groups excluding carboxylic acids is 1. The van der Waals surface area contributed by atoms with Gasteiger partial charge in [0.05, 0.1) is 5.71 Å². The van der Waals surface area contributed by atoms with E-state index in [1.54, 1.807) is 49.6 Å². The lowest BCUT2D eigenvalue weighted by Crippen LogP contribution is -2.29. The number of carbonyl (C=O) groups is 2. The molecule has 4 rings (SSSR count). The van der Waals surface area contributed by atoms with Crippen molar-refractivity contribution in [3.05, 3.63) is 129 Å². The molecule has 204 valence electrons. The maximum Gasteiger partial charge on any atom is 0.322 e. The number of halogens is 1. The Hall–Kier alpha value is -5.05. The molecule has 40 heavy (non-hydrogen) atoms. The quantitative estimate of drug-likeness (QED) is 0.161. The Bertz CT molecular complexity index is 1630. The molecule has 1 unspecified atom stereocenters. The Morgan fingerprint density at radius 2 is 1.57 bits per heavy atom. The molecule has 0 saturated heterocycles. The average Bonchev–Trinajstić information content (AvgIpc) is 2.95. The summed E-state index contributed by atoms with van der Waals surface area (Å²) >= 11 is 0. The zero-order valence-electron chi connectivity index (χ0n) is 22.0. The summed E-state index contributed by atoms with van der Waals surface area (Å²) in [5.41, 5.74) is 5.43. The Morgan fingerprint density at radius 1 is 0.950 bits per heavy atom. The molecule has 0 saturated carbocycles. The first-order valence-electron chi connectivity index (χ1n) is 12.5. The Balaban J connectivity index is 1.64. The minimum absolute atomic E-state index is 0.184. The molecule has 0 fully saturated rings. The van der Waals surface area contributed by atoms with Crippen LogP contribution in [0.3, 0.4) is 0 Å². The van der Waals surface area contributed by atoms with Crippen molar-refractivity contribution in [2.75, 3.05) is 6.54 Å². The number of carboxylic acid groups (broad SMARTS) is 1. The molecule has 0 radical (unpaired) electrons. The Morgan fingerprint density at radius 3 is 2.15 bits per heavy atom. The highest BCUT2D eigenvalue weighted by atomic mass is 19.1. The van der Waals surface area contributed by atoms with E-state index >= 15 is 0 Å². The summed E-state index contributed by atoms with van der Waals surface area (Å²) in [5, 5.41) is 24.5. The number of nitrogens with one attached hydrogen (secondary N) is 1. The van der Waals surface area contributed by atoms with Gasteiger partial charge in [-0.25, -0.2) is 4.39 Å². The summed E-state index contributed by atoms with van der Waals surface area (Å²) in [4.78, 5) is 34.7. The molecule has 8 nitrogen and oxygen atoms in total. The van der Waals surface area contributed by atoms with Crippen molar-refractivity contribution in [2.24, 2.45) is 12.2 Å². The predicted octanol–water partition coefficient (Wildman–Crippen LogP) is 4.71. The number of hydrogen-bond donors (Lipinski definition) is 3. The van der Waals surface area contributed by atoms with Crippen molar-refractivity contribution < 1.29 is 24.3 Å². The number of pyridine rings is 1. The lowest BCUT2D eigenvalue weighted by Gasteiger charge is -2.21. The number of benzene rings is 3. The smallest absolute Gasteiger partial charge is 0.322 e. The van der Waals surface area contributed by atoms with Crippen LogP contribution in [0.4, 0.5) is 4.39 Å². The van der Waals surface area contributed by atoms with Crippen LogP contribution in [-0.4, -0.2) is 39.0 Å². The van der Waals surface area contributed by atoms with Crippen molar-refractivity contribution in [1.29, 1.82) is 0 Å². The second-order valence-corrected chi connectivity index (χ2v) is 9.45. The number of amides is 1. The zero-order valence-corrected chi connectivity index (χ0v) is 22.0. The Labute approximate surface area is 230 Å². The topological polar surface area (TPSA) is 121 Å². The van der Waals surface area contributed by atoms with Crippen LogP contribution >= 0.6 is 0 Å². The normalized spacial score (nSPS) is 12.1. The minimum Gasteiger partial charge on any atom is -0.480 e. The van der Waals surface area contributed by atoms with Crippen molar-refractivity contribution in [3.8, 4) is 11.1 Å². The van der Waals surface area contributed by atoms with Crippen LogP contribution in [0.1, 0.15) is 45.0 Å². The number of aliphatic carboxylic acids is 1. The van der Waals surface area contributed by atoms with E-state index in [1.807, 2.05) is 31.2 Å². The number of rotatable bonds is 9. The number of nitrogens with zero attached hydrogens (tertiary/aromatic N) is 2. The van der Waals surface area contributed by atoms with E-state index in [0.29, 0.717) is 23.3 Å². The van der Waals surface area contributed by atoms with E-state index in [2.05, 4.69) is 10.5 Å². The molecule has 1 heterocycles. The van der Waals surface area contributed by atoms with Gasteiger partial charge in [-0.1, -0.05) is 47.6 Å². The SMILES string of the molecule is Cc1cc(F)ccc1C(CC(=NO)c1ccc(=O)n(C)c1)c1ccc(-c2ccc(C(=O)NCC(=O)O)cc2)cc1. The van der Waals surface area contributed by atoms with Crippen LogP contribution in [-0.2, 0) is 11.8 Å². The molecule has 1 aromatic heterocycles. The average molecular weight is 542 g/mol. The van der Waals surface area contributed by atoms with Gasteiger partial charge in [0.2, 0.25) is 5.56 Å². The lowest BCUT2D eigenvalue weighted by atomic mass is 9.83. The minimum atomic E-state index is -1.12. The molecule has 9 heteroatoms. The fourth-order valence-electron chi connectivity index (χ4n) is 4.59. The van der Waals surface area contributed by atoms with E-state index in [1.165, 1.54) is 22.8 Å². The summed E-state index contributed by atoms with van der Waals surface area (Å²) < 4.78 is 15.4. The zero-order chi connectivity index (χ0) is 28.8. The fourth-order valence-corrected chi connectivity index (χ4v) is 4.59. The molecule has 1 atom stereocenters. The highest BCUT2D eigenvalue weighted by molar-refractivity contribution is 6.00. The van der Waals surface area contributed by atoms with Gasteiger partial charge >= 0.3 is 5.97 Å². The summed E-state index contributed by atoms with van der Waals surface area (Å²) in [6.45, 7) is 1.37. The fraction of sp³-hybridized carbons (Fsp3) is 0.161. The number of carboxylic acids is 1. The number of aryl methyl sites for hydroxylation is 2. The maximum absolute atomic E-state index is 13.9. The third kappa shape index (κ3) is 6.50. The molecule has 0 aliphatic carbocycles. The van der Waals surface area contributed by atoms with Gasteiger partial charge in [-0.15, -0.1) is 0 Å². The summed E-state index contributed by atoms with van der Waals surface area (Å²) in [6, 6.07) is 22.2. The van der Waals surface area contributed by atoms with Gasteiger partial charge in [-0.2, -0.15) is 0 Å². The van der Waals surface area contributed by atoms with E-state index in [0.717, 1.165) is 27.8 Å². The molecular weight excluding hydrogens is 513 g/mol. The molecule has 4 aromatic rings. The molecule has 1 amide bonds. The molecule has 0 spiro atoms. The van der Waals surface area contributed by atoms with Gasteiger partial charge in [0.25, 0.3) is 5.91 Å². The van der Waals surface area contributed by atoms with Gasteiger partial charge in [-0.05, 0) is 65.1 Å². The second-order valence-electron chi connectivity index (χ2n) is 9.45. The largest absolute Gasteiger partial charge is 0.480 e. The van der Waals surface area contributed by atoms with Gasteiger partial charge < -0.3 is 20.2 Å². The number of oxime groups is 1. The van der Waals surface area contributed by atoms with E-state index in [4.69, 9.17) is 5.11 Å². The molecule has 3 aromatic carbocycles. The maximum atomic E-state index is 13.9. The first-order valence-corrected chi connectivity index (χ1v) is 12.5. The van der Waals surface area contributed by atoms with Crippen LogP contribution in [0.5, 0.6) is 0 Å². The Kier molecular flexibility index (Phi) is 8.54. The number of hydrogen-bond acceptors (Lipinski definition) is 5. The monoisotopic (exact) mass is 541 g/mol. The highest BCUT2D eigenvalue weighted by Gasteiger charge is 2.21. The molecule has 0 aliphatic rings. The molecular formula is C31H28FN3O5. The standard InChI is InChI=1S/C31H28FN3O5/c1-19-15-25(32)12-13-26(19)27(16-28(34-40)24-11-14-29(36)35(2)18-24)22-7-3-20(4-8-22)21-5-9-23(10-6-21)31(39)33-17-30(37)38/h3-15,18,27,40H,16-17H2,1-2H3,(H,33,39)(H,37,38). The molecule has 3 N–H and O–H groups in total. The van der Waals surface area contributed by atoms with Crippen molar-refractivity contribution >= 4 is 17.6 Å².